The van der Waals surface area contributed by atoms with Crippen molar-refractivity contribution in [3.8, 4) is 0 Å². The normalized spacial score (nSPS) is 9.30. The van der Waals surface area contributed by atoms with Crippen LogP contribution < -0.4 is 0 Å². The third-order valence-corrected chi connectivity index (χ3v) is 0.985. The molecule has 0 aliphatic heterocycles. The van der Waals surface area contributed by atoms with Crippen molar-refractivity contribution >= 4 is 35.5 Å². The first-order valence-corrected chi connectivity index (χ1v) is 3.17. The summed E-state index contributed by atoms with van der Waals surface area (Å²) in [7, 11) is 0. The van der Waals surface area contributed by atoms with Gasteiger partial charge in [-0.3, -0.25) is 0 Å². The zero-order valence-electron chi connectivity index (χ0n) is 5.63. The van der Waals surface area contributed by atoms with Crippen LogP contribution >= 0.6 is 0 Å². The van der Waals surface area contributed by atoms with Crippen molar-refractivity contribution in [3.05, 3.63) is 12.2 Å². The fraction of sp³-hybridized carbons (Fsp3) is 0.571. The summed E-state index contributed by atoms with van der Waals surface area (Å²) in [5, 5.41) is 8.13. The first kappa shape index (κ1) is 12.8. The summed E-state index contributed by atoms with van der Waals surface area (Å²) >= 11 is 0. The molecule has 54 valence electrons. The Morgan fingerprint density at radius 3 is 2.60 bits per heavy atom. The molecule has 0 aliphatic carbocycles. The third kappa shape index (κ3) is 11.1. The van der Waals surface area contributed by atoms with Gasteiger partial charge < -0.3 is 5.11 Å². The predicted molar refractivity (Wildman–Crippen MR) is 43.4 cm³/mol. The summed E-state index contributed by atoms with van der Waals surface area (Å²) in [4.78, 5) is 9.88. The number of carboxylic acid groups (broad SMARTS) is 1. The molecule has 0 spiro atoms. The van der Waals surface area contributed by atoms with E-state index in [1.807, 2.05) is 0 Å². The Kier molecular flexibility index (Phi) is 11.8. The maximum absolute atomic E-state index is 9.88. The molecule has 0 rings (SSSR count). The molecular weight excluding hydrogens is 139 g/mol. The second kappa shape index (κ2) is 9.21. The number of rotatable bonds is 4. The molecule has 0 fully saturated rings. The molecule has 3 heteroatoms. The summed E-state index contributed by atoms with van der Waals surface area (Å²) in [5.74, 6) is -0.855. The van der Waals surface area contributed by atoms with Gasteiger partial charge in [-0.25, -0.2) is 4.79 Å². The minimum absolute atomic E-state index is 0. The fourth-order valence-electron chi connectivity index (χ4n) is 0.506. The average molecular weight is 152 g/mol. The van der Waals surface area contributed by atoms with Gasteiger partial charge >= 0.3 is 35.5 Å². The molecule has 0 atom stereocenters. The summed E-state index contributed by atoms with van der Waals surface area (Å²) in [5.41, 5.74) is 0. The van der Waals surface area contributed by atoms with E-state index in [1.54, 1.807) is 6.08 Å². The SMILES string of the molecule is CCCCC=CC(=O)O.[NaH]. The molecule has 0 heterocycles. The van der Waals surface area contributed by atoms with E-state index in [2.05, 4.69) is 6.92 Å². The van der Waals surface area contributed by atoms with E-state index >= 15 is 0 Å². The van der Waals surface area contributed by atoms with Crippen molar-refractivity contribution in [2.24, 2.45) is 0 Å². The van der Waals surface area contributed by atoms with Crippen molar-refractivity contribution < 1.29 is 9.90 Å². The molecule has 0 aromatic carbocycles. The van der Waals surface area contributed by atoms with Gasteiger partial charge in [0.15, 0.2) is 0 Å². The van der Waals surface area contributed by atoms with E-state index in [1.165, 1.54) is 6.08 Å². The van der Waals surface area contributed by atoms with Gasteiger partial charge in [0, 0.05) is 6.08 Å². The van der Waals surface area contributed by atoms with Crippen LogP contribution in [0.1, 0.15) is 26.2 Å². The number of carbonyl (C=O) groups is 1. The molecule has 0 aromatic heterocycles. The molecule has 0 saturated heterocycles. The van der Waals surface area contributed by atoms with Gasteiger partial charge in [-0.1, -0.05) is 25.8 Å². The van der Waals surface area contributed by atoms with Gasteiger partial charge in [0.25, 0.3) is 0 Å². The van der Waals surface area contributed by atoms with Crippen molar-refractivity contribution in [3.63, 3.8) is 0 Å². The van der Waals surface area contributed by atoms with Crippen LogP contribution in [0.15, 0.2) is 12.2 Å². The van der Waals surface area contributed by atoms with Crippen molar-refractivity contribution in [1.29, 1.82) is 0 Å². The standard InChI is InChI=1S/C7H12O2.Na.H/c1-2-3-4-5-6-7(8)9;;/h5-6H,2-4H2,1H3,(H,8,9);;. The topological polar surface area (TPSA) is 37.3 Å². The molecule has 0 radical (unpaired) electrons. The molecule has 1 N–H and O–H groups in total. The molecule has 0 unspecified atom stereocenters. The van der Waals surface area contributed by atoms with Gasteiger partial charge in [-0.05, 0) is 6.42 Å². The summed E-state index contributed by atoms with van der Waals surface area (Å²) in [6.07, 6.45) is 5.94. The van der Waals surface area contributed by atoms with E-state index in [0.717, 1.165) is 19.3 Å². The first-order chi connectivity index (χ1) is 4.27. The number of carboxylic acids is 1. The Balaban J connectivity index is 0. The van der Waals surface area contributed by atoms with Crippen LogP contribution in [0.2, 0.25) is 0 Å². The number of hydrogen-bond donors (Lipinski definition) is 1. The average Bonchev–Trinajstić information content (AvgIpc) is 1.80. The second-order valence-electron chi connectivity index (χ2n) is 1.88. The molecule has 0 bridgehead atoms. The molecule has 0 aliphatic rings. The van der Waals surface area contributed by atoms with Crippen LogP contribution in [-0.2, 0) is 4.79 Å². The Hall–Kier alpha value is 0.210. The van der Waals surface area contributed by atoms with Crippen molar-refractivity contribution in [1.82, 2.24) is 0 Å². The van der Waals surface area contributed by atoms with Crippen LogP contribution in [-0.4, -0.2) is 40.6 Å². The minimum atomic E-state index is -0.855. The van der Waals surface area contributed by atoms with Crippen LogP contribution in [0.3, 0.4) is 0 Å². The molecule has 2 nitrogen and oxygen atoms in total. The Labute approximate surface area is 83.6 Å². The monoisotopic (exact) mass is 152 g/mol. The Morgan fingerprint density at radius 2 is 2.20 bits per heavy atom. The summed E-state index contributed by atoms with van der Waals surface area (Å²) < 4.78 is 0. The second-order valence-corrected chi connectivity index (χ2v) is 1.88. The van der Waals surface area contributed by atoms with Crippen LogP contribution in [0.4, 0.5) is 0 Å². The molecule has 0 aromatic rings. The van der Waals surface area contributed by atoms with E-state index in [9.17, 15) is 4.79 Å². The van der Waals surface area contributed by atoms with Gasteiger partial charge in [-0.2, -0.15) is 0 Å². The van der Waals surface area contributed by atoms with Crippen LogP contribution in [0, 0.1) is 0 Å². The number of aliphatic carboxylic acids is 1. The quantitative estimate of drug-likeness (QED) is 0.373. The maximum atomic E-state index is 9.88. The van der Waals surface area contributed by atoms with Crippen LogP contribution in [0.5, 0.6) is 0 Å². The van der Waals surface area contributed by atoms with Crippen molar-refractivity contribution in [2.75, 3.05) is 0 Å². The summed E-state index contributed by atoms with van der Waals surface area (Å²) in [6.45, 7) is 2.08. The van der Waals surface area contributed by atoms with Gasteiger partial charge in [0.2, 0.25) is 0 Å². The van der Waals surface area contributed by atoms with Gasteiger partial charge in [-0.15, -0.1) is 0 Å². The van der Waals surface area contributed by atoms with Gasteiger partial charge in [0.05, 0.1) is 0 Å². The molecule has 0 amide bonds. The first-order valence-electron chi connectivity index (χ1n) is 3.17. The van der Waals surface area contributed by atoms with E-state index in [-0.39, 0.29) is 29.6 Å². The number of allylic oxidation sites excluding steroid dienone is 1. The zero-order chi connectivity index (χ0) is 7.11. The number of hydrogen-bond acceptors (Lipinski definition) is 1. The van der Waals surface area contributed by atoms with Crippen molar-refractivity contribution in [2.45, 2.75) is 26.2 Å². The summed E-state index contributed by atoms with van der Waals surface area (Å²) in [6, 6.07) is 0. The fourth-order valence-corrected chi connectivity index (χ4v) is 0.506. The zero-order valence-corrected chi connectivity index (χ0v) is 5.63. The Morgan fingerprint density at radius 1 is 1.60 bits per heavy atom. The molecular formula is C7H13NaO2. The molecule has 0 saturated carbocycles. The van der Waals surface area contributed by atoms with E-state index < -0.39 is 5.97 Å². The number of unbranched alkanes of at least 4 members (excludes halogenated alkanes) is 2. The third-order valence-electron chi connectivity index (χ3n) is 0.985. The van der Waals surface area contributed by atoms with E-state index in [0.29, 0.717) is 0 Å². The van der Waals surface area contributed by atoms with E-state index in [4.69, 9.17) is 5.11 Å². The van der Waals surface area contributed by atoms with Crippen LogP contribution in [0.25, 0.3) is 0 Å². The molecule has 10 heavy (non-hydrogen) atoms. The Bertz CT molecular complexity index is 110. The predicted octanol–water partition coefficient (Wildman–Crippen LogP) is 1.17. The van der Waals surface area contributed by atoms with Gasteiger partial charge in [0.1, 0.15) is 0 Å².